The van der Waals surface area contributed by atoms with Gasteiger partial charge in [-0.25, -0.2) is 0 Å². The van der Waals surface area contributed by atoms with Crippen LogP contribution >= 0.6 is 11.8 Å². The van der Waals surface area contributed by atoms with Gasteiger partial charge in [0.25, 0.3) is 0 Å². The predicted molar refractivity (Wildman–Crippen MR) is 66.3 cm³/mol. The molecular weight excluding hydrogens is 256 g/mol. The van der Waals surface area contributed by atoms with Crippen molar-refractivity contribution in [3.05, 3.63) is 5.82 Å². The van der Waals surface area contributed by atoms with E-state index in [2.05, 4.69) is 10.2 Å². The van der Waals surface area contributed by atoms with Gasteiger partial charge >= 0.3 is 5.97 Å². The molecule has 0 aliphatic heterocycles. The number of nitrogens with two attached hydrogens (primary N) is 1. The second-order valence-corrected chi connectivity index (χ2v) is 4.77. The lowest BCUT2D eigenvalue weighted by Crippen LogP contribution is -2.19. The Bertz CT molecular complexity index is 446. The molecule has 1 rings (SSSR count). The van der Waals surface area contributed by atoms with E-state index in [0.717, 1.165) is 17.6 Å². The summed E-state index contributed by atoms with van der Waals surface area (Å²) in [5.41, 5.74) is 5.17. The molecular formula is C10H16N4O3S. The Kier molecular flexibility index (Phi) is 5.14. The van der Waals surface area contributed by atoms with Crippen LogP contribution in [0.2, 0.25) is 0 Å². The molecule has 7 nitrogen and oxygen atoms in total. The van der Waals surface area contributed by atoms with Crippen LogP contribution in [0.3, 0.4) is 0 Å². The molecule has 0 aromatic carbocycles. The largest absolute Gasteiger partial charge is 0.481 e. The van der Waals surface area contributed by atoms with E-state index in [9.17, 15) is 9.59 Å². The summed E-state index contributed by atoms with van der Waals surface area (Å²) in [4.78, 5) is 21.5. The highest BCUT2D eigenvalue weighted by Gasteiger charge is 2.18. The monoisotopic (exact) mass is 272 g/mol. The average molecular weight is 272 g/mol. The highest BCUT2D eigenvalue weighted by molar-refractivity contribution is 7.99. The van der Waals surface area contributed by atoms with Crippen molar-refractivity contribution in [3.8, 4) is 0 Å². The van der Waals surface area contributed by atoms with Crippen molar-refractivity contribution >= 4 is 23.6 Å². The molecule has 0 radical (unpaired) electrons. The van der Waals surface area contributed by atoms with E-state index in [1.54, 1.807) is 4.57 Å². The highest BCUT2D eigenvalue weighted by Crippen LogP contribution is 2.23. The lowest BCUT2D eigenvalue weighted by molar-refractivity contribution is -0.134. The van der Waals surface area contributed by atoms with Gasteiger partial charge in [0.15, 0.2) is 5.16 Å². The van der Waals surface area contributed by atoms with Gasteiger partial charge in [-0.15, -0.1) is 10.2 Å². The molecule has 1 heterocycles. The van der Waals surface area contributed by atoms with Crippen LogP contribution in [-0.4, -0.2) is 37.5 Å². The van der Waals surface area contributed by atoms with Gasteiger partial charge in [-0.1, -0.05) is 18.7 Å². The maximum absolute atomic E-state index is 10.9. The second kappa shape index (κ2) is 6.39. The SMILES string of the molecule is CCc1nnc(SCC(=O)O)n1C(C)CC(N)=O. The number of carboxylic acids is 1. The summed E-state index contributed by atoms with van der Waals surface area (Å²) in [5, 5.41) is 17.1. The number of nitrogens with zero attached hydrogens (tertiary/aromatic N) is 3. The minimum atomic E-state index is -0.921. The van der Waals surface area contributed by atoms with Gasteiger partial charge in [-0.3, -0.25) is 9.59 Å². The first kappa shape index (κ1) is 14.5. The molecule has 1 aromatic rings. The Morgan fingerprint density at radius 1 is 1.50 bits per heavy atom. The number of hydrogen-bond acceptors (Lipinski definition) is 5. The number of carboxylic acid groups (broad SMARTS) is 1. The number of aliphatic carboxylic acids is 1. The topological polar surface area (TPSA) is 111 Å². The third-order valence-corrected chi connectivity index (χ3v) is 3.24. The first-order chi connectivity index (χ1) is 8.45. The van der Waals surface area contributed by atoms with Gasteiger partial charge in [0.2, 0.25) is 5.91 Å². The molecule has 1 aromatic heterocycles. The fourth-order valence-corrected chi connectivity index (χ4v) is 2.37. The van der Waals surface area contributed by atoms with E-state index < -0.39 is 11.9 Å². The molecule has 0 spiro atoms. The maximum atomic E-state index is 10.9. The molecule has 0 aliphatic rings. The molecule has 100 valence electrons. The molecule has 0 fully saturated rings. The van der Waals surface area contributed by atoms with Gasteiger partial charge < -0.3 is 15.4 Å². The molecule has 0 bridgehead atoms. The molecule has 8 heteroatoms. The van der Waals surface area contributed by atoms with Crippen molar-refractivity contribution in [2.24, 2.45) is 5.73 Å². The second-order valence-electron chi connectivity index (χ2n) is 3.82. The van der Waals surface area contributed by atoms with Crippen LogP contribution in [-0.2, 0) is 16.0 Å². The lowest BCUT2D eigenvalue weighted by Gasteiger charge is -2.15. The molecule has 1 amide bonds. The zero-order valence-corrected chi connectivity index (χ0v) is 11.1. The Balaban J connectivity index is 2.93. The normalized spacial score (nSPS) is 12.3. The fourth-order valence-electron chi connectivity index (χ4n) is 1.60. The predicted octanol–water partition coefficient (Wildman–Crippen LogP) is 0.454. The number of amides is 1. The van der Waals surface area contributed by atoms with Crippen LogP contribution in [0.4, 0.5) is 0 Å². The number of primary amides is 1. The fraction of sp³-hybridized carbons (Fsp3) is 0.600. The van der Waals surface area contributed by atoms with E-state index in [1.807, 2.05) is 13.8 Å². The average Bonchev–Trinajstić information content (AvgIpc) is 2.68. The van der Waals surface area contributed by atoms with Gasteiger partial charge in [0.1, 0.15) is 5.82 Å². The van der Waals surface area contributed by atoms with Crippen LogP contribution in [0.5, 0.6) is 0 Å². The Labute approximate surface area is 109 Å². The maximum Gasteiger partial charge on any atom is 0.313 e. The Hall–Kier alpha value is -1.57. The molecule has 0 saturated carbocycles. The van der Waals surface area contributed by atoms with Crippen LogP contribution < -0.4 is 5.73 Å². The summed E-state index contributed by atoms with van der Waals surface area (Å²) in [7, 11) is 0. The smallest absolute Gasteiger partial charge is 0.313 e. The summed E-state index contributed by atoms with van der Waals surface area (Å²) >= 11 is 1.08. The van der Waals surface area contributed by atoms with E-state index in [0.29, 0.717) is 11.6 Å². The third kappa shape index (κ3) is 3.73. The zero-order valence-electron chi connectivity index (χ0n) is 10.3. The van der Waals surface area contributed by atoms with E-state index >= 15 is 0 Å². The number of hydrogen-bond donors (Lipinski definition) is 2. The summed E-state index contributed by atoms with van der Waals surface area (Å²) in [6, 6.07) is -0.177. The highest BCUT2D eigenvalue weighted by atomic mass is 32.2. The van der Waals surface area contributed by atoms with E-state index in [-0.39, 0.29) is 18.2 Å². The first-order valence-electron chi connectivity index (χ1n) is 5.52. The summed E-state index contributed by atoms with van der Waals surface area (Å²) in [5.74, 6) is -0.704. The lowest BCUT2D eigenvalue weighted by atomic mass is 10.2. The summed E-state index contributed by atoms with van der Waals surface area (Å²) in [6.45, 7) is 3.75. The van der Waals surface area contributed by atoms with Gasteiger partial charge in [-0.05, 0) is 6.92 Å². The first-order valence-corrected chi connectivity index (χ1v) is 6.50. The van der Waals surface area contributed by atoms with E-state index in [4.69, 9.17) is 10.8 Å². The minimum absolute atomic E-state index is 0.0921. The van der Waals surface area contributed by atoms with Gasteiger partial charge in [0.05, 0.1) is 5.75 Å². The molecule has 3 N–H and O–H groups in total. The standard InChI is InChI=1S/C10H16N4O3S/c1-3-8-12-13-10(18-5-9(16)17)14(8)6(2)4-7(11)15/h6H,3-5H2,1-2H3,(H2,11,15)(H,16,17). The van der Waals surface area contributed by atoms with Crippen molar-refractivity contribution in [2.75, 3.05) is 5.75 Å². The molecule has 1 atom stereocenters. The minimum Gasteiger partial charge on any atom is -0.481 e. The van der Waals surface area contributed by atoms with Crippen molar-refractivity contribution in [1.82, 2.24) is 14.8 Å². The Morgan fingerprint density at radius 2 is 2.17 bits per heavy atom. The van der Waals surface area contributed by atoms with Crippen LogP contribution in [0.1, 0.15) is 32.1 Å². The molecule has 1 unspecified atom stereocenters. The number of carbonyl (C=O) groups is 2. The quantitative estimate of drug-likeness (QED) is 0.697. The van der Waals surface area contributed by atoms with Crippen molar-refractivity contribution in [3.63, 3.8) is 0 Å². The number of thioether (sulfide) groups is 1. The van der Waals surface area contributed by atoms with Gasteiger partial charge in [-0.2, -0.15) is 0 Å². The number of rotatable bonds is 7. The molecule has 18 heavy (non-hydrogen) atoms. The van der Waals surface area contributed by atoms with Crippen LogP contribution in [0.15, 0.2) is 5.16 Å². The third-order valence-electron chi connectivity index (χ3n) is 2.31. The molecule has 0 saturated heterocycles. The number of carbonyl (C=O) groups excluding carboxylic acids is 1. The van der Waals surface area contributed by atoms with Crippen molar-refractivity contribution in [1.29, 1.82) is 0 Å². The van der Waals surface area contributed by atoms with Crippen LogP contribution in [0, 0.1) is 0 Å². The Morgan fingerprint density at radius 3 is 2.67 bits per heavy atom. The van der Waals surface area contributed by atoms with Crippen molar-refractivity contribution in [2.45, 2.75) is 37.9 Å². The summed E-state index contributed by atoms with van der Waals surface area (Å²) < 4.78 is 1.78. The number of aryl methyl sites for hydroxylation is 1. The van der Waals surface area contributed by atoms with Gasteiger partial charge in [0, 0.05) is 18.9 Å². The van der Waals surface area contributed by atoms with Crippen molar-refractivity contribution < 1.29 is 14.7 Å². The van der Waals surface area contributed by atoms with E-state index in [1.165, 1.54) is 0 Å². The number of aromatic nitrogens is 3. The summed E-state index contributed by atoms with van der Waals surface area (Å²) in [6.07, 6.45) is 0.829. The zero-order chi connectivity index (χ0) is 13.7. The molecule has 0 aliphatic carbocycles. The van der Waals surface area contributed by atoms with Crippen LogP contribution in [0.25, 0.3) is 0 Å².